The van der Waals surface area contributed by atoms with E-state index in [1.807, 2.05) is 56.3 Å². The fourth-order valence-corrected chi connectivity index (χ4v) is 7.13. The highest BCUT2D eigenvalue weighted by molar-refractivity contribution is 6.32. The van der Waals surface area contributed by atoms with Gasteiger partial charge in [0.2, 0.25) is 0 Å². The molecule has 1 amide bonds. The molecule has 3 N–H and O–H groups in total. The SMILES string of the molecule is Cc1cc(/C=C/c2nccc(-c3cccc(NC(=O)c4ccc(CN5CCC(O)C5)cn4)c3C)c2C#N)c(Cl)cc1CN1CCC(C)(C(=O)O)C1. The van der Waals surface area contributed by atoms with Gasteiger partial charge in [0.1, 0.15) is 11.8 Å². The van der Waals surface area contributed by atoms with E-state index in [1.165, 1.54) is 0 Å². The van der Waals surface area contributed by atoms with Gasteiger partial charge in [0, 0.05) is 61.4 Å². The van der Waals surface area contributed by atoms with Gasteiger partial charge in [-0.2, -0.15) is 5.26 Å². The molecule has 51 heavy (non-hydrogen) atoms. The first-order chi connectivity index (χ1) is 24.4. The lowest BCUT2D eigenvalue weighted by molar-refractivity contribution is -0.147. The molecule has 2 aromatic carbocycles. The van der Waals surface area contributed by atoms with Crippen molar-refractivity contribution in [2.24, 2.45) is 5.41 Å². The van der Waals surface area contributed by atoms with Crippen LogP contribution in [-0.2, 0) is 17.9 Å². The van der Waals surface area contributed by atoms with E-state index < -0.39 is 11.4 Å². The summed E-state index contributed by atoms with van der Waals surface area (Å²) in [6.07, 6.45) is 8.07. The van der Waals surface area contributed by atoms with Crippen LogP contribution >= 0.6 is 11.6 Å². The number of pyridine rings is 2. The number of anilines is 1. The van der Waals surface area contributed by atoms with E-state index in [0.29, 0.717) is 72.4 Å². The van der Waals surface area contributed by atoms with Crippen molar-refractivity contribution in [1.82, 2.24) is 19.8 Å². The molecular formula is C40H41ClN6O4. The summed E-state index contributed by atoms with van der Waals surface area (Å²) in [6.45, 7) is 9.68. The molecule has 2 unspecified atom stereocenters. The molecule has 0 saturated carbocycles. The van der Waals surface area contributed by atoms with Crippen molar-refractivity contribution in [3.63, 3.8) is 0 Å². The number of nitrogens with one attached hydrogen (secondary N) is 1. The van der Waals surface area contributed by atoms with Crippen LogP contribution in [0.2, 0.25) is 5.02 Å². The van der Waals surface area contributed by atoms with Crippen molar-refractivity contribution < 1.29 is 19.8 Å². The van der Waals surface area contributed by atoms with Crippen LogP contribution in [0, 0.1) is 30.6 Å². The van der Waals surface area contributed by atoms with E-state index in [0.717, 1.165) is 46.3 Å². The predicted molar refractivity (Wildman–Crippen MR) is 198 cm³/mol. The van der Waals surface area contributed by atoms with Gasteiger partial charge in [-0.05, 0) is 104 Å². The van der Waals surface area contributed by atoms with Gasteiger partial charge < -0.3 is 15.5 Å². The zero-order valence-electron chi connectivity index (χ0n) is 29.0. The number of nitrogens with zero attached hydrogens (tertiary/aromatic N) is 5. The number of carbonyl (C=O) groups is 2. The quantitative estimate of drug-likeness (QED) is 0.167. The molecule has 0 radical (unpaired) electrons. The van der Waals surface area contributed by atoms with Crippen LogP contribution in [0.3, 0.4) is 0 Å². The lowest BCUT2D eigenvalue weighted by Crippen LogP contribution is -2.31. The van der Waals surface area contributed by atoms with Gasteiger partial charge in [0.25, 0.3) is 5.91 Å². The molecule has 10 nitrogen and oxygen atoms in total. The standard InChI is InChI=1S/C40H41ClN6O4/c1-25-17-28(34(41)18-29(25)22-47-16-13-40(3,24-47)39(50)51)8-10-36-33(19-42)32(11-14-43-36)31-5-4-6-35(26(31)2)45-38(49)37-9-7-27(20-44-37)21-46-15-12-30(48)23-46/h4-11,14,17-18,20,30,48H,12-13,15-16,21-24H2,1-3H3,(H,45,49)(H,50,51)/b10-8+. The summed E-state index contributed by atoms with van der Waals surface area (Å²) in [4.78, 5) is 38.1. The Morgan fingerprint density at radius 2 is 1.90 bits per heavy atom. The molecule has 2 aliphatic heterocycles. The molecule has 2 fully saturated rings. The van der Waals surface area contributed by atoms with Gasteiger partial charge in [0.15, 0.2) is 0 Å². The van der Waals surface area contributed by atoms with Gasteiger partial charge in [-0.3, -0.25) is 29.4 Å². The van der Waals surface area contributed by atoms with Crippen molar-refractivity contribution in [2.75, 3.05) is 31.5 Å². The average Bonchev–Trinajstić information content (AvgIpc) is 3.71. The van der Waals surface area contributed by atoms with E-state index in [2.05, 4.69) is 31.2 Å². The lowest BCUT2D eigenvalue weighted by atomic mass is 9.90. The Balaban J connectivity index is 1.17. The number of aliphatic hydroxyl groups is 1. The summed E-state index contributed by atoms with van der Waals surface area (Å²) in [7, 11) is 0. The predicted octanol–water partition coefficient (Wildman–Crippen LogP) is 6.57. The van der Waals surface area contributed by atoms with Crippen LogP contribution in [-0.4, -0.2) is 74.1 Å². The third kappa shape index (κ3) is 8.03. The Kier molecular flexibility index (Phi) is 10.6. The van der Waals surface area contributed by atoms with Crippen molar-refractivity contribution >= 4 is 41.3 Å². The zero-order chi connectivity index (χ0) is 36.3. The fraction of sp³-hybridized carbons (Fsp3) is 0.325. The number of carboxylic acids is 1. The second-order valence-electron chi connectivity index (χ2n) is 13.9. The van der Waals surface area contributed by atoms with Gasteiger partial charge in [0.05, 0.1) is 22.8 Å². The number of aliphatic carboxylic acids is 1. The molecule has 4 aromatic rings. The molecule has 6 rings (SSSR count). The third-order valence-corrected chi connectivity index (χ3v) is 10.3. The first kappa shape index (κ1) is 35.9. The highest BCUT2D eigenvalue weighted by Gasteiger charge is 2.40. The highest BCUT2D eigenvalue weighted by Crippen LogP contribution is 2.34. The van der Waals surface area contributed by atoms with Crippen molar-refractivity contribution in [3.05, 3.63) is 111 Å². The first-order valence-electron chi connectivity index (χ1n) is 17.0. The maximum atomic E-state index is 13.2. The number of aryl methyl sites for hydroxylation is 1. The second-order valence-corrected chi connectivity index (χ2v) is 14.3. The molecular weight excluding hydrogens is 664 g/mol. The summed E-state index contributed by atoms with van der Waals surface area (Å²) < 4.78 is 0. The number of β-amino-alcohol motifs (C(OH)–C–C–N with tert-alkyl or cyclic N) is 1. The average molecular weight is 705 g/mol. The summed E-state index contributed by atoms with van der Waals surface area (Å²) in [5.41, 5.74) is 7.14. The number of aromatic nitrogens is 2. The molecule has 11 heteroatoms. The number of rotatable bonds is 10. The summed E-state index contributed by atoms with van der Waals surface area (Å²) in [6, 6.07) is 17.2. The number of halogens is 1. The zero-order valence-corrected chi connectivity index (χ0v) is 29.7. The molecule has 0 aliphatic carbocycles. The van der Waals surface area contributed by atoms with Crippen molar-refractivity contribution in [3.8, 4) is 17.2 Å². The number of amides is 1. The fourth-order valence-electron chi connectivity index (χ4n) is 6.88. The van der Waals surface area contributed by atoms with Gasteiger partial charge in [-0.1, -0.05) is 41.9 Å². The normalized spacial score (nSPS) is 19.4. The lowest BCUT2D eigenvalue weighted by Gasteiger charge is -2.21. The van der Waals surface area contributed by atoms with E-state index in [-0.39, 0.29) is 12.0 Å². The van der Waals surface area contributed by atoms with Gasteiger partial charge in [-0.25, -0.2) is 0 Å². The summed E-state index contributed by atoms with van der Waals surface area (Å²) >= 11 is 6.73. The topological polar surface area (TPSA) is 143 Å². The Morgan fingerprint density at radius 1 is 1.08 bits per heavy atom. The van der Waals surface area contributed by atoms with Gasteiger partial charge >= 0.3 is 5.97 Å². The molecule has 2 atom stereocenters. The minimum atomic E-state index is -0.768. The summed E-state index contributed by atoms with van der Waals surface area (Å²) in [5, 5.41) is 33.2. The third-order valence-electron chi connectivity index (χ3n) is 10.0. The van der Waals surface area contributed by atoms with Crippen LogP contribution in [0.1, 0.15) is 69.3 Å². The maximum absolute atomic E-state index is 13.2. The maximum Gasteiger partial charge on any atom is 0.310 e. The number of hydrogen-bond acceptors (Lipinski definition) is 8. The molecule has 0 spiro atoms. The second kappa shape index (κ2) is 15.1. The molecule has 2 aliphatic rings. The smallest absolute Gasteiger partial charge is 0.310 e. The minimum absolute atomic E-state index is 0.290. The van der Waals surface area contributed by atoms with E-state index in [9.17, 15) is 25.1 Å². The number of nitriles is 1. The van der Waals surface area contributed by atoms with Gasteiger partial charge in [-0.15, -0.1) is 0 Å². The van der Waals surface area contributed by atoms with Crippen LogP contribution in [0.5, 0.6) is 0 Å². The van der Waals surface area contributed by atoms with Crippen LogP contribution in [0.4, 0.5) is 5.69 Å². The number of carbonyl (C=O) groups excluding carboxylic acids is 1. The Bertz CT molecular complexity index is 2040. The van der Waals surface area contributed by atoms with Crippen LogP contribution < -0.4 is 5.32 Å². The number of carboxylic acid groups (broad SMARTS) is 1. The molecule has 2 aromatic heterocycles. The largest absolute Gasteiger partial charge is 0.481 e. The number of hydrogen-bond donors (Lipinski definition) is 3. The Morgan fingerprint density at radius 3 is 2.59 bits per heavy atom. The van der Waals surface area contributed by atoms with Crippen LogP contribution in [0.25, 0.3) is 23.3 Å². The highest BCUT2D eigenvalue weighted by atomic mass is 35.5. The van der Waals surface area contributed by atoms with Crippen molar-refractivity contribution in [2.45, 2.75) is 52.8 Å². The summed E-state index contributed by atoms with van der Waals surface area (Å²) in [5.74, 6) is -1.11. The molecule has 262 valence electrons. The van der Waals surface area contributed by atoms with Crippen molar-refractivity contribution in [1.29, 1.82) is 5.26 Å². The first-order valence-corrected chi connectivity index (χ1v) is 17.4. The monoisotopic (exact) mass is 704 g/mol. The number of benzene rings is 2. The Hall–Kier alpha value is -4.92. The minimum Gasteiger partial charge on any atom is -0.481 e. The van der Waals surface area contributed by atoms with E-state index >= 15 is 0 Å². The molecule has 0 bridgehead atoms. The Labute approximate surface area is 303 Å². The number of likely N-dealkylation sites (tertiary alicyclic amines) is 2. The van der Waals surface area contributed by atoms with E-state index in [4.69, 9.17) is 11.6 Å². The van der Waals surface area contributed by atoms with E-state index in [1.54, 1.807) is 37.5 Å². The molecule has 4 heterocycles. The molecule has 2 saturated heterocycles. The van der Waals surface area contributed by atoms with Crippen LogP contribution in [0.15, 0.2) is 60.9 Å². The number of aliphatic hydroxyl groups excluding tert-OH is 1.